The summed E-state index contributed by atoms with van der Waals surface area (Å²) >= 11 is 3.55. The van der Waals surface area contributed by atoms with Crippen LogP contribution in [0.2, 0.25) is 0 Å². The first-order valence-electron chi connectivity index (χ1n) is 6.58. The minimum absolute atomic E-state index is 0.0865. The van der Waals surface area contributed by atoms with Gasteiger partial charge in [0.2, 0.25) is 0 Å². The van der Waals surface area contributed by atoms with Crippen molar-refractivity contribution in [3.8, 4) is 0 Å². The second-order valence-electron chi connectivity index (χ2n) is 5.09. The molecule has 1 heterocycles. The summed E-state index contributed by atoms with van der Waals surface area (Å²) in [6.45, 7) is 2.29. The van der Waals surface area contributed by atoms with E-state index in [-0.39, 0.29) is 6.04 Å². The van der Waals surface area contributed by atoms with Crippen molar-refractivity contribution in [2.75, 3.05) is 0 Å². The van der Waals surface area contributed by atoms with Crippen LogP contribution in [-0.2, 0) is 0 Å². The van der Waals surface area contributed by atoms with Crippen LogP contribution in [0, 0.1) is 11.8 Å². The van der Waals surface area contributed by atoms with E-state index in [4.69, 9.17) is 5.73 Å². The molecule has 1 aliphatic rings. The Morgan fingerprint density at radius 1 is 1.41 bits per heavy atom. The first-order chi connectivity index (χ1) is 8.22. The minimum Gasteiger partial charge on any atom is -0.322 e. The van der Waals surface area contributed by atoms with Gasteiger partial charge in [0, 0.05) is 10.7 Å². The SMILES string of the molecule is CCC1CCC(C(N)c2ncccc2Br)CC1. The fraction of sp³-hybridized carbons (Fsp3) is 0.643. The van der Waals surface area contributed by atoms with Gasteiger partial charge in [-0.3, -0.25) is 4.98 Å². The Balaban J connectivity index is 2.02. The molecule has 1 saturated carbocycles. The minimum atomic E-state index is 0.0865. The Labute approximate surface area is 112 Å². The summed E-state index contributed by atoms with van der Waals surface area (Å²) in [5.74, 6) is 1.52. The predicted octanol–water partition coefficient (Wildman–Crippen LogP) is 4.06. The van der Waals surface area contributed by atoms with E-state index in [1.165, 1.54) is 32.1 Å². The Morgan fingerprint density at radius 3 is 2.71 bits per heavy atom. The number of hydrogen-bond donors (Lipinski definition) is 1. The maximum Gasteiger partial charge on any atom is 0.0715 e. The monoisotopic (exact) mass is 296 g/mol. The second-order valence-corrected chi connectivity index (χ2v) is 5.94. The highest BCUT2D eigenvalue weighted by Gasteiger charge is 2.27. The lowest BCUT2D eigenvalue weighted by Gasteiger charge is -2.31. The van der Waals surface area contributed by atoms with Gasteiger partial charge in [-0.25, -0.2) is 0 Å². The van der Waals surface area contributed by atoms with Gasteiger partial charge >= 0.3 is 0 Å². The van der Waals surface area contributed by atoms with Gasteiger partial charge in [0.05, 0.1) is 11.7 Å². The summed E-state index contributed by atoms with van der Waals surface area (Å²) in [6.07, 6.45) is 8.32. The lowest BCUT2D eigenvalue weighted by Crippen LogP contribution is -2.27. The molecule has 1 fully saturated rings. The number of aromatic nitrogens is 1. The van der Waals surface area contributed by atoms with Crippen molar-refractivity contribution in [3.05, 3.63) is 28.5 Å². The van der Waals surface area contributed by atoms with Gasteiger partial charge in [0.15, 0.2) is 0 Å². The smallest absolute Gasteiger partial charge is 0.0715 e. The van der Waals surface area contributed by atoms with Gasteiger partial charge in [-0.1, -0.05) is 26.2 Å². The summed E-state index contributed by atoms with van der Waals surface area (Å²) in [4.78, 5) is 4.42. The van der Waals surface area contributed by atoms with E-state index in [0.29, 0.717) is 5.92 Å². The normalized spacial score (nSPS) is 26.8. The number of rotatable bonds is 3. The fourth-order valence-corrected chi connectivity index (χ4v) is 3.34. The van der Waals surface area contributed by atoms with Gasteiger partial charge in [0.25, 0.3) is 0 Å². The fourth-order valence-electron chi connectivity index (χ4n) is 2.82. The zero-order valence-electron chi connectivity index (χ0n) is 10.4. The van der Waals surface area contributed by atoms with Crippen LogP contribution >= 0.6 is 15.9 Å². The van der Waals surface area contributed by atoms with Gasteiger partial charge < -0.3 is 5.73 Å². The highest BCUT2D eigenvalue weighted by molar-refractivity contribution is 9.10. The molecular formula is C14H21BrN2. The van der Waals surface area contributed by atoms with E-state index in [1.54, 1.807) is 0 Å². The van der Waals surface area contributed by atoms with Crippen LogP contribution in [0.5, 0.6) is 0 Å². The number of nitrogens with two attached hydrogens (primary N) is 1. The maximum absolute atomic E-state index is 6.36. The molecule has 2 N–H and O–H groups in total. The van der Waals surface area contributed by atoms with E-state index in [0.717, 1.165) is 16.1 Å². The maximum atomic E-state index is 6.36. The van der Waals surface area contributed by atoms with Crippen LogP contribution in [0.15, 0.2) is 22.8 Å². The third-order valence-electron chi connectivity index (χ3n) is 4.08. The van der Waals surface area contributed by atoms with E-state index >= 15 is 0 Å². The second kappa shape index (κ2) is 5.96. The van der Waals surface area contributed by atoms with Crippen molar-refractivity contribution in [1.29, 1.82) is 0 Å². The van der Waals surface area contributed by atoms with Crippen molar-refractivity contribution in [2.24, 2.45) is 17.6 Å². The Bertz CT molecular complexity index is 359. The molecule has 3 heteroatoms. The van der Waals surface area contributed by atoms with Crippen molar-refractivity contribution in [1.82, 2.24) is 4.98 Å². The van der Waals surface area contributed by atoms with Gasteiger partial charge in [-0.05, 0) is 52.7 Å². The Morgan fingerprint density at radius 2 is 2.12 bits per heavy atom. The van der Waals surface area contributed by atoms with Gasteiger partial charge in [-0.15, -0.1) is 0 Å². The summed E-state index contributed by atoms with van der Waals surface area (Å²) in [5, 5.41) is 0. The molecule has 1 aromatic rings. The van der Waals surface area contributed by atoms with Crippen LogP contribution in [0.4, 0.5) is 0 Å². The first kappa shape index (κ1) is 13.0. The molecule has 1 unspecified atom stereocenters. The Hall–Kier alpha value is -0.410. The number of nitrogens with zero attached hydrogens (tertiary/aromatic N) is 1. The summed E-state index contributed by atoms with van der Waals surface area (Å²) < 4.78 is 1.05. The standard InChI is InChI=1S/C14H21BrN2/c1-2-10-5-7-11(8-6-10)13(16)14-12(15)4-3-9-17-14/h3-4,9-11,13H,2,5-8,16H2,1H3. The molecule has 1 atom stereocenters. The molecule has 1 aliphatic carbocycles. The van der Waals surface area contributed by atoms with E-state index in [2.05, 4.69) is 27.8 Å². The van der Waals surface area contributed by atoms with Gasteiger partial charge in [0.1, 0.15) is 0 Å². The molecule has 0 amide bonds. The molecule has 0 aromatic carbocycles. The van der Waals surface area contributed by atoms with Crippen LogP contribution in [-0.4, -0.2) is 4.98 Å². The molecule has 2 nitrogen and oxygen atoms in total. The highest BCUT2D eigenvalue weighted by atomic mass is 79.9. The predicted molar refractivity (Wildman–Crippen MR) is 74.6 cm³/mol. The summed E-state index contributed by atoms with van der Waals surface area (Å²) in [6, 6.07) is 4.05. The molecule has 0 bridgehead atoms. The van der Waals surface area contributed by atoms with Crippen LogP contribution in [0.3, 0.4) is 0 Å². The van der Waals surface area contributed by atoms with Crippen LogP contribution < -0.4 is 5.73 Å². The van der Waals surface area contributed by atoms with Gasteiger partial charge in [-0.2, -0.15) is 0 Å². The van der Waals surface area contributed by atoms with Crippen LogP contribution in [0.1, 0.15) is 50.8 Å². The summed E-state index contributed by atoms with van der Waals surface area (Å²) in [5.41, 5.74) is 7.39. The number of pyridine rings is 1. The van der Waals surface area contributed by atoms with E-state index in [9.17, 15) is 0 Å². The lowest BCUT2D eigenvalue weighted by molar-refractivity contribution is 0.237. The highest BCUT2D eigenvalue weighted by Crippen LogP contribution is 2.37. The topological polar surface area (TPSA) is 38.9 Å². The first-order valence-corrected chi connectivity index (χ1v) is 7.37. The summed E-state index contributed by atoms with van der Waals surface area (Å²) in [7, 11) is 0. The largest absolute Gasteiger partial charge is 0.322 e. The van der Waals surface area contributed by atoms with Crippen molar-refractivity contribution < 1.29 is 0 Å². The third kappa shape index (κ3) is 3.08. The molecule has 17 heavy (non-hydrogen) atoms. The zero-order valence-corrected chi connectivity index (χ0v) is 12.0. The van der Waals surface area contributed by atoms with E-state index < -0.39 is 0 Å². The molecular weight excluding hydrogens is 276 g/mol. The molecule has 1 aromatic heterocycles. The van der Waals surface area contributed by atoms with Crippen molar-refractivity contribution in [3.63, 3.8) is 0 Å². The molecule has 0 spiro atoms. The average Bonchev–Trinajstić information content (AvgIpc) is 2.39. The third-order valence-corrected chi connectivity index (χ3v) is 4.75. The van der Waals surface area contributed by atoms with Crippen molar-refractivity contribution in [2.45, 2.75) is 45.1 Å². The number of halogens is 1. The molecule has 0 aliphatic heterocycles. The number of hydrogen-bond acceptors (Lipinski definition) is 2. The Kier molecular flexibility index (Phi) is 4.57. The average molecular weight is 297 g/mol. The molecule has 0 radical (unpaired) electrons. The zero-order chi connectivity index (χ0) is 12.3. The molecule has 94 valence electrons. The quantitative estimate of drug-likeness (QED) is 0.913. The molecule has 2 rings (SSSR count). The molecule has 0 saturated heterocycles. The lowest BCUT2D eigenvalue weighted by atomic mass is 9.77. The van der Waals surface area contributed by atoms with Crippen LogP contribution in [0.25, 0.3) is 0 Å². The van der Waals surface area contributed by atoms with E-state index in [1.807, 2.05) is 18.3 Å². The van der Waals surface area contributed by atoms with Crippen molar-refractivity contribution >= 4 is 15.9 Å².